The molecule has 24 N–H and O–H groups in total. The molecule has 1 fully saturated rings. The minimum absolute atomic E-state index is 0.221. The molecule has 1 aromatic carbocycles. The summed E-state index contributed by atoms with van der Waals surface area (Å²) in [4.78, 5) is 118. The van der Waals surface area contributed by atoms with E-state index in [0.29, 0.717) is 0 Å². The van der Waals surface area contributed by atoms with E-state index >= 15 is 0 Å². The number of aliphatic hydroxyl groups is 1. The number of aliphatic hydroxyl groups excluding tert-OH is 1. The van der Waals surface area contributed by atoms with E-state index in [4.69, 9.17) is 77.1 Å². The van der Waals surface area contributed by atoms with E-state index in [0.717, 1.165) is 24.9 Å². The molecule has 2 rings (SSSR count). The van der Waals surface area contributed by atoms with Gasteiger partial charge in [0, 0.05) is 0 Å². The number of nitrogens with two attached hydrogens (primary N) is 9. The molecule has 1 aromatic rings. The number of carboxylic acid groups (broad SMARTS) is 4. The standard InChI is InChI=1S/C13H17N3O4.C12H22N4O6.C5H9NO2.C4H7NO4.C4H9NO3/c14-9(6-8-4-2-1-3-5-8)12(18)20-13(19)10(15)7-11(16)17;1-5(2)9(16)12(20)22-11(19)7(14)4-21-10(18)6(13)3-8(15)17;7-5(8)4-2-1-3-6-4;5-2(4(8)9)1-3(6)7;1-2(6)3(5)4(7)8/h1-5,9-10H,6-7,14-15H2,(H2,16,17);5-7,9H,3-4,13-14,16H2,1-2H3,(H2,15,17);4,6H,1-3H2,(H,7,8);2H,1,5H2,(H,6,7)(H,8,9);2-3,6H,5H2,1H3,(H,7,8)/t9-,10-;6-,7-,9-;4-;2-;2-,3+/m00001/s1. The maximum absolute atomic E-state index is 11.6. The van der Waals surface area contributed by atoms with Crippen LogP contribution >= 0.6 is 0 Å². The van der Waals surface area contributed by atoms with Crippen molar-refractivity contribution in [3.63, 3.8) is 0 Å². The van der Waals surface area contributed by atoms with E-state index in [2.05, 4.69) is 19.5 Å². The summed E-state index contributed by atoms with van der Waals surface area (Å²) in [6, 6.07) is 0.478. The van der Waals surface area contributed by atoms with Crippen LogP contribution in [0.2, 0.25) is 0 Å². The van der Waals surface area contributed by atoms with Gasteiger partial charge in [-0.3, -0.25) is 33.6 Å². The maximum Gasteiger partial charge on any atom is 0.334 e. The van der Waals surface area contributed by atoms with Gasteiger partial charge in [-0.25, -0.2) is 19.2 Å². The second kappa shape index (κ2) is 34.7. The molecule has 9 atom stereocenters. The van der Waals surface area contributed by atoms with Crippen LogP contribution in [-0.4, -0.2) is 159 Å². The molecule has 29 heteroatoms. The van der Waals surface area contributed by atoms with Gasteiger partial charge in [-0.15, -0.1) is 0 Å². The van der Waals surface area contributed by atoms with Gasteiger partial charge >= 0.3 is 53.7 Å². The molecule has 0 unspecified atom stereocenters. The van der Waals surface area contributed by atoms with E-state index in [1.54, 1.807) is 38.1 Å². The number of carboxylic acids is 4. The SMILES string of the molecule is CC(C)[C@H](N)C(=O)OC(=O)[C@@H](N)COC(=O)[C@@H](N)CC(N)=O.C[C@@H](O)[C@H](N)C(=O)O.NC(=O)C[C@H](N)C(=O)OC(=O)[C@@H](N)Cc1ccccc1.N[C@@H](CC(=O)O)C(=O)O.O=C(O)[C@@H]1CCCN1. The van der Waals surface area contributed by atoms with Crippen LogP contribution in [0.1, 0.15) is 58.4 Å². The van der Waals surface area contributed by atoms with Crippen molar-refractivity contribution in [1.29, 1.82) is 0 Å². The van der Waals surface area contributed by atoms with Gasteiger partial charge in [-0.1, -0.05) is 44.2 Å². The Kier molecular flexibility index (Phi) is 33.5. The molecule has 2 amide bonds. The summed E-state index contributed by atoms with van der Waals surface area (Å²) in [6.07, 6.45) is -0.285. The monoisotopic (exact) mass is 964 g/mol. The summed E-state index contributed by atoms with van der Waals surface area (Å²) in [6.45, 7) is 4.99. The number of ether oxygens (including phenoxy) is 3. The molecule has 67 heavy (non-hydrogen) atoms. The Labute approximate surface area is 383 Å². The highest BCUT2D eigenvalue weighted by Gasteiger charge is 2.28. The van der Waals surface area contributed by atoms with E-state index in [9.17, 15) is 52.7 Å². The molecular formula is C38H64N10O19. The summed E-state index contributed by atoms with van der Waals surface area (Å²) in [5.74, 6) is -11.0. The van der Waals surface area contributed by atoms with Crippen LogP contribution < -0.4 is 56.9 Å². The molecular weight excluding hydrogens is 900 g/mol. The smallest absolute Gasteiger partial charge is 0.334 e. The van der Waals surface area contributed by atoms with Crippen LogP contribution in [0.5, 0.6) is 0 Å². The Morgan fingerprint density at radius 2 is 1.07 bits per heavy atom. The van der Waals surface area contributed by atoms with Gasteiger partial charge in [-0.05, 0) is 44.2 Å². The lowest BCUT2D eigenvalue weighted by Crippen LogP contribution is -2.45. The van der Waals surface area contributed by atoms with Crippen LogP contribution in [0.3, 0.4) is 0 Å². The number of esters is 5. The average molecular weight is 965 g/mol. The lowest BCUT2D eigenvalue weighted by molar-refractivity contribution is -0.164. The van der Waals surface area contributed by atoms with Crippen molar-refractivity contribution in [1.82, 2.24) is 5.32 Å². The highest BCUT2D eigenvalue weighted by Crippen LogP contribution is 2.05. The predicted molar refractivity (Wildman–Crippen MR) is 229 cm³/mol. The van der Waals surface area contributed by atoms with Crippen molar-refractivity contribution < 1.29 is 92.5 Å². The zero-order valence-corrected chi connectivity index (χ0v) is 37.0. The number of hydrogen-bond acceptors (Lipinski definition) is 23. The van der Waals surface area contributed by atoms with Crippen LogP contribution in [0.4, 0.5) is 0 Å². The molecule has 380 valence electrons. The number of rotatable bonds is 20. The van der Waals surface area contributed by atoms with Gasteiger partial charge in [0.25, 0.3) is 0 Å². The van der Waals surface area contributed by atoms with Gasteiger partial charge in [0.15, 0.2) is 0 Å². The lowest BCUT2D eigenvalue weighted by atomic mass is 10.1. The summed E-state index contributed by atoms with van der Waals surface area (Å²) >= 11 is 0. The van der Waals surface area contributed by atoms with Crippen LogP contribution in [0.15, 0.2) is 30.3 Å². The summed E-state index contributed by atoms with van der Waals surface area (Å²) in [5, 5.41) is 43.8. The molecule has 0 aliphatic carbocycles. The molecule has 0 aromatic heterocycles. The third-order valence-corrected chi connectivity index (χ3v) is 8.02. The van der Waals surface area contributed by atoms with Crippen molar-refractivity contribution in [2.24, 2.45) is 57.5 Å². The molecule has 0 saturated carbocycles. The molecule has 0 spiro atoms. The predicted octanol–water partition coefficient (Wildman–Crippen LogP) is -6.58. The fourth-order valence-corrected chi connectivity index (χ4v) is 4.04. The molecule has 1 saturated heterocycles. The topological polar surface area (TPSA) is 563 Å². The highest BCUT2D eigenvalue weighted by molar-refractivity contribution is 5.93. The number of nitrogens with one attached hydrogen (secondary N) is 1. The summed E-state index contributed by atoms with van der Waals surface area (Å²) in [7, 11) is 0. The molecule has 1 heterocycles. The second-order valence-corrected chi connectivity index (χ2v) is 14.5. The molecule has 1 aliphatic heterocycles. The van der Waals surface area contributed by atoms with Gasteiger partial charge in [0.05, 0.1) is 25.4 Å². The fraction of sp³-hybridized carbons (Fsp3) is 0.553. The van der Waals surface area contributed by atoms with E-state index in [1.165, 1.54) is 6.92 Å². The number of carbonyl (C=O) groups is 11. The second-order valence-electron chi connectivity index (χ2n) is 14.5. The Bertz CT molecular complexity index is 1770. The number of carbonyl (C=O) groups excluding carboxylic acids is 7. The van der Waals surface area contributed by atoms with Crippen molar-refractivity contribution in [2.45, 2.75) is 114 Å². The number of amides is 2. The van der Waals surface area contributed by atoms with Gasteiger partial charge in [0.1, 0.15) is 54.9 Å². The maximum atomic E-state index is 11.6. The van der Waals surface area contributed by atoms with Gasteiger partial charge in [0.2, 0.25) is 11.8 Å². The average Bonchev–Trinajstić information content (AvgIpc) is 3.78. The Balaban J connectivity index is -0.000000822. The van der Waals surface area contributed by atoms with E-state index in [1.807, 2.05) is 6.07 Å². The fourth-order valence-electron chi connectivity index (χ4n) is 4.04. The van der Waals surface area contributed by atoms with Crippen molar-refractivity contribution in [3.8, 4) is 0 Å². The number of aliphatic carboxylic acids is 4. The first kappa shape index (κ1) is 64.7. The largest absolute Gasteiger partial charge is 0.481 e. The first-order valence-electron chi connectivity index (χ1n) is 19.7. The molecule has 0 bridgehead atoms. The third-order valence-electron chi connectivity index (χ3n) is 8.02. The summed E-state index contributed by atoms with van der Waals surface area (Å²) < 4.78 is 13.6. The molecule has 29 nitrogen and oxygen atoms in total. The minimum atomic E-state index is -1.38. The Morgan fingerprint density at radius 3 is 1.42 bits per heavy atom. The number of primary amides is 2. The zero-order valence-electron chi connectivity index (χ0n) is 37.0. The van der Waals surface area contributed by atoms with Crippen LogP contribution in [-0.2, 0) is 73.4 Å². The first-order chi connectivity index (χ1) is 30.8. The normalized spacial score (nSPS) is 16.0. The number of hydrogen-bond donors (Lipinski definition) is 15. The third kappa shape index (κ3) is 32.7. The molecule has 1 aliphatic rings. The Hall–Kier alpha value is -6.57. The molecule has 0 radical (unpaired) electrons. The van der Waals surface area contributed by atoms with Gasteiger partial charge < -0.3 is 96.7 Å². The van der Waals surface area contributed by atoms with Crippen molar-refractivity contribution in [2.75, 3.05) is 13.2 Å². The summed E-state index contributed by atoms with van der Waals surface area (Å²) in [5.41, 5.74) is 47.6. The minimum Gasteiger partial charge on any atom is -0.481 e. The first-order valence-corrected chi connectivity index (χ1v) is 19.7. The Morgan fingerprint density at radius 1 is 0.612 bits per heavy atom. The lowest BCUT2D eigenvalue weighted by Gasteiger charge is -2.16. The zero-order chi connectivity index (χ0) is 52.7. The highest BCUT2D eigenvalue weighted by atomic mass is 16.6. The van der Waals surface area contributed by atoms with E-state index < -0.39 is 133 Å². The van der Waals surface area contributed by atoms with Crippen LogP contribution in [0, 0.1) is 5.92 Å². The quantitative estimate of drug-likeness (QED) is 0.0328. The van der Waals surface area contributed by atoms with E-state index in [-0.39, 0.29) is 24.8 Å². The van der Waals surface area contributed by atoms with Crippen molar-refractivity contribution >= 4 is 65.5 Å². The van der Waals surface area contributed by atoms with Gasteiger partial charge in [-0.2, -0.15) is 0 Å². The number of benzene rings is 1. The van der Waals surface area contributed by atoms with Crippen molar-refractivity contribution in [3.05, 3.63) is 35.9 Å². The van der Waals surface area contributed by atoms with Crippen LogP contribution in [0.25, 0.3) is 0 Å².